The molecule has 130 valence electrons. The predicted octanol–water partition coefficient (Wildman–Crippen LogP) is 4.73. The molecular weight excluding hydrogens is 357 g/mol. The van der Waals surface area contributed by atoms with Crippen LogP contribution in [-0.4, -0.2) is 16.2 Å². The predicted molar refractivity (Wildman–Crippen MR) is 82.9 cm³/mol. The van der Waals surface area contributed by atoms with Crippen LogP contribution in [0.3, 0.4) is 0 Å². The summed E-state index contributed by atoms with van der Waals surface area (Å²) in [6, 6.07) is 7.62. The van der Waals surface area contributed by atoms with Gasteiger partial charge < -0.3 is 9.15 Å². The van der Waals surface area contributed by atoms with Gasteiger partial charge in [-0.2, -0.15) is 13.2 Å². The summed E-state index contributed by atoms with van der Waals surface area (Å²) in [5.41, 5.74) is -1.13. The van der Waals surface area contributed by atoms with Crippen LogP contribution in [-0.2, 0) is 10.9 Å². The molecule has 3 rings (SSSR count). The van der Waals surface area contributed by atoms with Crippen molar-refractivity contribution in [2.24, 2.45) is 0 Å². The fraction of sp³-hybridized carbons (Fsp3) is 0.188. The summed E-state index contributed by atoms with van der Waals surface area (Å²) < 4.78 is 48.7. The molecule has 1 atom stereocenters. The van der Waals surface area contributed by atoms with Crippen molar-refractivity contribution < 1.29 is 27.1 Å². The van der Waals surface area contributed by atoms with Crippen LogP contribution in [0.25, 0.3) is 10.8 Å². The third-order valence-corrected chi connectivity index (χ3v) is 4.09. The fourth-order valence-electron chi connectivity index (χ4n) is 2.00. The van der Waals surface area contributed by atoms with Crippen LogP contribution < -0.4 is 0 Å². The first-order chi connectivity index (χ1) is 11.8. The van der Waals surface area contributed by atoms with Gasteiger partial charge in [0.15, 0.2) is 6.10 Å². The molecule has 0 amide bonds. The van der Waals surface area contributed by atoms with E-state index in [2.05, 4.69) is 10.2 Å². The van der Waals surface area contributed by atoms with E-state index in [1.807, 2.05) is 11.4 Å². The summed E-state index contributed by atoms with van der Waals surface area (Å²) in [4.78, 5) is 12.8. The molecule has 25 heavy (non-hydrogen) atoms. The summed E-state index contributed by atoms with van der Waals surface area (Å²) >= 11 is 1.41. The topological polar surface area (TPSA) is 65.2 Å². The number of halogens is 3. The number of esters is 1. The lowest BCUT2D eigenvalue weighted by atomic mass is 10.1. The molecule has 0 saturated carbocycles. The van der Waals surface area contributed by atoms with Gasteiger partial charge in [0.05, 0.1) is 16.0 Å². The molecule has 0 aliphatic rings. The Hall–Kier alpha value is -2.68. The van der Waals surface area contributed by atoms with Gasteiger partial charge in [0.1, 0.15) is 0 Å². The van der Waals surface area contributed by atoms with Gasteiger partial charge in [0.25, 0.3) is 11.8 Å². The van der Waals surface area contributed by atoms with Crippen LogP contribution in [0.1, 0.15) is 34.8 Å². The van der Waals surface area contributed by atoms with E-state index in [0.29, 0.717) is 0 Å². The molecule has 3 aromatic rings. The molecule has 0 aliphatic heterocycles. The highest BCUT2D eigenvalue weighted by Gasteiger charge is 2.31. The van der Waals surface area contributed by atoms with E-state index in [-0.39, 0.29) is 17.3 Å². The highest BCUT2D eigenvalue weighted by atomic mass is 32.1. The minimum atomic E-state index is -4.54. The molecule has 1 aromatic carbocycles. The van der Waals surface area contributed by atoms with E-state index in [9.17, 15) is 18.0 Å². The van der Waals surface area contributed by atoms with Crippen molar-refractivity contribution in [2.45, 2.75) is 19.2 Å². The maximum atomic E-state index is 12.7. The second kappa shape index (κ2) is 6.67. The summed E-state index contributed by atoms with van der Waals surface area (Å²) in [5, 5.41) is 9.51. The third kappa shape index (κ3) is 3.87. The van der Waals surface area contributed by atoms with E-state index in [1.165, 1.54) is 24.3 Å². The molecule has 0 aliphatic carbocycles. The van der Waals surface area contributed by atoms with Crippen LogP contribution >= 0.6 is 11.3 Å². The van der Waals surface area contributed by atoms with Gasteiger partial charge in [0.2, 0.25) is 0 Å². The van der Waals surface area contributed by atoms with E-state index in [0.717, 1.165) is 23.1 Å². The molecule has 2 heterocycles. The third-order valence-electron chi connectivity index (χ3n) is 3.23. The number of hydrogen-bond acceptors (Lipinski definition) is 6. The van der Waals surface area contributed by atoms with Crippen LogP contribution in [0.5, 0.6) is 0 Å². The van der Waals surface area contributed by atoms with Crippen LogP contribution in [0, 0.1) is 0 Å². The number of carbonyl (C=O) groups is 1. The van der Waals surface area contributed by atoms with Gasteiger partial charge in [-0.15, -0.1) is 21.5 Å². The Labute approximate surface area is 144 Å². The second-order valence-corrected chi connectivity index (χ2v) is 6.00. The zero-order valence-electron chi connectivity index (χ0n) is 12.8. The zero-order chi connectivity index (χ0) is 18.0. The molecule has 9 heteroatoms. The molecule has 0 saturated heterocycles. The van der Waals surface area contributed by atoms with Gasteiger partial charge in [-0.1, -0.05) is 12.1 Å². The number of rotatable bonds is 4. The number of alkyl halides is 3. The fourth-order valence-corrected chi connectivity index (χ4v) is 2.64. The van der Waals surface area contributed by atoms with Gasteiger partial charge in [-0.05, 0) is 36.6 Å². The zero-order valence-corrected chi connectivity index (χ0v) is 13.6. The number of ether oxygens (including phenoxy) is 1. The number of benzene rings is 1. The minimum absolute atomic E-state index is 0.0590. The average Bonchev–Trinajstić information content (AvgIpc) is 3.25. The Morgan fingerprint density at radius 3 is 2.72 bits per heavy atom. The standard InChI is InChI=1S/C16H11F3N2O3S/c1-9(13-20-21-14(24-13)12-6-3-7-25-12)23-15(22)10-4-2-5-11(8-10)16(17,18)19/h2-9H,1H3/t9-/m1/s1. The van der Waals surface area contributed by atoms with Crippen molar-refractivity contribution in [3.8, 4) is 10.8 Å². The lowest BCUT2D eigenvalue weighted by Gasteiger charge is -2.11. The smallest absolute Gasteiger partial charge is 0.416 e. The van der Waals surface area contributed by atoms with Gasteiger partial charge >= 0.3 is 12.1 Å². The maximum Gasteiger partial charge on any atom is 0.416 e. The lowest BCUT2D eigenvalue weighted by molar-refractivity contribution is -0.137. The Morgan fingerprint density at radius 2 is 2.04 bits per heavy atom. The van der Waals surface area contributed by atoms with Crippen LogP contribution in [0.15, 0.2) is 46.2 Å². The average molecular weight is 368 g/mol. The minimum Gasteiger partial charge on any atom is -0.449 e. The Bertz CT molecular complexity index is 875. The normalized spacial score (nSPS) is 12.8. The second-order valence-electron chi connectivity index (χ2n) is 5.05. The summed E-state index contributed by atoms with van der Waals surface area (Å²) in [6.07, 6.45) is -5.44. The first-order valence-corrected chi connectivity index (χ1v) is 7.98. The van der Waals surface area contributed by atoms with Gasteiger partial charge in [-0.25, -0.2) is 4.79 Å². The van der Waals surface area contributed by atoms with Crippen molar-refractivity contribution in [1.29, 1.82) is 0 Å². The number of carbonyl (C=O) groups excluding carboxylic acids is 1. The first kappa shape index (κ1) is 17.2. The van der Waals surface area contributed by atoms with E-state index < -0.39 is 23.8 Å². The number of thiophene rings is 1. The first-order valence-electron chi connectivity index (χ1n) is 7.10. The quantitative estimate of drug-likeness (QED) is 0.623. The van der Waals surface area contributed by atoms with Gasteiger partial charge in [-0.3, -0.25) is 0 Å². The molecule has 5 nitrogen and oxygen atoms in total. The Kier molecular flexibility index (Phi) is 4.58. The van der Waals surface area contributed by atoms with Crippen molar-refractivity contribution in [3.05, 3.63) is 58.8 Å². The molecular formula is C16H11F3N2O3S. The highest BCUT2D eigenvalue weighted by molar-refractivity contribution is 7.13. The summed E-state index contributed by atoms with van der Waals surface area (Å²) in [6.45, 7) is 1.50. The van der Waals surface area contributed by atoms with Gasteiger partial charge in [0, 0.05) is 0 Å². The Balaban J connectivity index is 1.73. The molecule has 0 unspecified atom stereocenters. The molecule has 0 radical (unpaired) electrons. The van der Waals surface area contributed by atoms with E-state index in [4.69, 9.17) is 9.15 Å². The largest absolute Gasteiger partial charge is 0.449 e. The highest BCUT2D eigenvalue weighted by Crippen LogP contribution is 2.30. The van der Waals surface area contributed by atoms with E-state index in [1.54, 1.807) is 6.07 Å². The summed E-state index contributed by atoms with van der Waals surface area (Å²) in [7, 11) is 0. The maximum absolute atomic E-state index is 12.7. The lowest BCUT2D eigenvalue weighted by Crippen LogP contribution is -2.12. The van der Waals surface area contributed by atoms with Crippen LogP contribution in [0.2, 0.25) is 0 Å². The number of hydrogen-bond donors (Lipinski definition) is 0. The number of nitrogens with zero attached hydrogens (tertiary/aromatic N) is 2. The van der Waals surface area contributed by atoms with Crippen molar-refractivity contribution in [2.75, 3.05) is 0 Å². The van der Waals surface area contributed by atoms with Crippen molar-refractivity contribution in [3.63, 3.8) is 0 Å². The number of aromatic nitrogens is 2. The molecule has 0 spiro atoms. The van der Waals surface area contributed by atoms with E-state index >= 15 is 0 Å². The molecule has 0 fully saturated rings. The molecule has 0 bridgehead atoms. The molecule has 0 N–H and O–H groups in total. The van der Waals surface area contributed by atoms with Crippen LogP contribution in [0.4, 0.5) is 13.2 Å². The summed E-state index contributed by atoms with van der Waals surface area (Å²) in [5.74, 6) is -0.565. The SMILES string of the molecule is C[C@@H](OC(=O)c1cccc(C(F)(F)F)c1)c1nnc(-c2cccs2)o1. The van der Waals surface area contributed by atoms with Crippen molar-refractivity contribution in [1.82, 2.24) is 10.2 Å². The molecule has 2 aromatic heterocycles. The Morgan fingerprint density at radius 1 is 1.24 bits per heavy atom. The monoisotopic (exact) mass is 368 g/mol. The van der Waals surface area contributed by atoms with Crippen molar-refractivity contribution >= 4 is 17.3 Å².